The molecule has 84 valence electrons. The van der Waals surface area contributed by atoms with Gasteiger partial charge in [-0.3, -0.25) is 0 Å². The van der Waals surface area contributed by atoms with E-state index in [2.05, 4.69) is 9.72 Å². The lowest BCUT2D eigenvalue weighted by Crippen LogP contribution is -2.10. The molecule has 0 atom stereocenters. The third kappa shape index (κ3) is 2.06. The third-order valence-corrected chi connectivity index (χ3v) is 1.81. The van der Waals surface area contributed by atoms with Gasteiger partial charge in [-0.25, -0.2) is 18.6 Å². The number of carbonyl (C=O) groups is 1. The summed E-state index contributed by atoms with van der Waals surface area (Å²) in [6.07, 6.45) is -2.92. The molecule has 0 radical (unpaired) electrons. The van der Waals surface area contributed by atoms with Crippen LogP contribution >= 0.6 is 0 Å². The van der Waals surface area contributed by atoms with Gasteiger partial charge in [0.05, 0.1) is 12.7 Å². The molecule has 0 saturated heterocycles. The first kappa shape index (κ1) is 11.8. The minimum atomic E-state index is -2.92. The highest BCUT2D eigenvalue weighted by atomic mass is 19.3. The van der Waals surface area contributed by atoms with Crippen molar-refractivity contribution in [3.8, 4) is 6.07 Å². The molecule has 1 rings (SSSR count). The molecule has 0 bridgehead atoms. The van der Waals surface area contributed by atoms with E-state index in [0.29, 0.717) is 0 Å². The normalized spacial score (nSPS) is 9.94. The van der Waals surface area contributed by atoms with Crippen LogP contribution in [-0.4, -0.2) is 18.1 Å². The summed E-state index contributed by atoms with van der Waals surface area (Å²) in [6.45, 7) is 0. The number of nitrogen functional groups attached to an aromatic ring is 1. The number of hydrogen-bond acceptors (Lipinski definition) is 5. The van der Waals surface area contributed by atoms with E-state index in [4.69, 9.17) is 11.0 Å². The predicted molar refractivity (Wildman–Crippen MR) is 49.7 cm³/mol. The molecule has 1 heterocycles. The Hall–Kier alpha value is -2.23. The van der Waals surface area contributed by atoms with Crippen molar-refractivity contribution in [1.29, 1.82) is 5.26 Å². The highest BCUT2D eigenvalue weighted by Crippen LogP contribution is 2.28. The first-order chi connectivity index (χ1) is 7.51. The Balaban J connectivity index is 3.39. The van der Waals surface area contributed by atoms with Crippen molar-refractivity contribution in [2.45, 2.75) is 6.43 Å². The van der Waals surface area contributed by atoms with Gasteiger partial charge in [0.25, 0.3) is 6.43 Å². The van der Waals surface area contributed by atoms with Crippen molar-refractivity contribution >= 4 is 11.7 Å². The fraction of sp³-hybridized carbons (Fsp3) is 0.222. The maximum Gasteiger partial charge on any atom is 0.356 e. The Morgan fingerprint density at radius 1 is 1.69 bits per heavy atom. The topological polar surface area (TPSA) is 89.0 Å². The van der Waals surface area contributed by atoms with Crippen LogP contribution in [0.2, 0.25) is 0 Å². The van der Waals surface area contributed by atoms with Crippen LogP contribution in [-0.2, 0) is 4.74 Å². The summed E-state index contributed by atoms with van der Waals surface area (Å²) in [5, 5.41) is 8.62. The molecule has 0 saturated carbocycles. The van der Waals surface area contributed by atoms with Gasteiger partial charge >= 0.3 is 5.97 Å². The van der Waals surface area contributed by atoms with E-state index in [1.807, 2.05) is 0 Å². The van der Waals surface area contributed by atoms with Crippen LogP contribution in [0, 0.1) is 11.3 Å². The standard InChI is InChI=1S/C9H7F2N3O2/c1-16-9(15)5-2-4(13)7(8(10)11)6(3-12)14-5/h2,8H,1H3,(H2,13,14). The number of carbonyl (C=O) groups excluding carboxylic acids is 1. The summed E-state index contributed by atoms with van der Waals surface area (Å²) < 4.78 is 29.3. The number of aromatic nitrogens is 1. The Labute approximate surface area is 89.4 Å². The molecule has 0 aliphatic rings. The molecular formula is C9H7F2N3O2. The third-order valence-electron chi connectivity index (χ3n) is 1.81. The molecule has 0 aliphatic heterocycles. The van der Waals surface area contributed by atoms with Crippen LogP contribution in [0.3, 0.4) is 0 Å². The maximum absolute atomic E-state index is 12.5. The smallest absolute Gasteiger partial charge is 0.356 e. The van der Waals surface area contributed by atoms with Crippen LogP contribution in [0.25, 0.3) is 0 Å². The molecule has 5 nitrogen and oxygen atoms in total. The number of ether oxygens (including phenoxy) is 1. The molecule has 0 aliphatic carbocycles. The van der Waals surface area contributed by atoms with E-state index in [1.165, 1.54) is 6.07 Å². The summed E-state index contributed by atoms with van der Waals surface area (Å²) in [4.78, 5) is 14.5. The van der Waals surface area contributed by atoms with Crippen molar-refractivity contribution in [2.24, 2.45) is 0 Å². The highest BCUT2D eigenvalue weighted by Gasteiger charge is 2.21. The first-order valence-corrected chi connectivity index (χ1v) is 4.08. The van der Waals surface area contributed by atoms with Crippen LogP contribution in [0.15, 0.2) is 6.07 Å². The van der Waals surface area contributed by atoms with Crippen molar-refractivity contribution in [3.63, 3.8) is 0 Å². The second kappa shape index (κ2) is 4.53. The second-order valence-corrected chi connectivity index (χ2v) is 2.76. The van der Waals surface area contributed by atoms with Crippen LogP contribution in [0.4, 0.5) is 14.5 Å². The Morgan fingerprint density at radius 3 is 2.75 bits per heavy atom. The number of nitrogens with two attached hydrogens (primary N) is 1. The lowest BCUT2D eigenvalue weighted by Gasteiger charge is -2.07. The molecular weight excluding hydrogens is 220 g/mol. The van der Waals surface area contributed by atoms with Gasteiger partial charge in [0.2, 0.25) is 0 Å². The van der Waals surface area contributed by atoms with Crippen LogP contribution in [0.1, 0.15) is 28.2 Å². The number of anilines is 1. The number of halogens is 2. The lowest BCUT2D eigenvalue weighted by atomic mass is 10.1. The van der Waals surface area contributed by atoms with Gasteiger partial charge in [-0.05, 0) is 6.07 Å². The van der Waals surface area contributed by atoms with Crippen LogP contribution < -0.4 is 5.73 Å². The van der Waals surface area contributed by atoms with E-state index >= 15 is 0 Å². The summed E-state index contributed by atoms with van der Waals surface area (Å²) >= 11 is 0. The summed E-state index contributed by atoms with van der Waals surface area (Å²) in [5.41, 5.74) is 3.43. The molecule has 1 aromatic heterocycles. The molecule has 0 amide bonds. The zero-order chi connectivity index (χ0) is 12.3. The number of nitriles is 1. The van der Waals surface area contributed by atoms with E-state index < -0.39 is 23.7 Å². The van der Waals surface area contributed by atoms with E-state index in [0.717, 1.165) is 13.2 Å². The van der Waals surface area contributed by atoms with E-state index in [1.54, 1.807) is 0 Å². The fourth-order valence-corrected chi connectivity index (χ4v) is 1.10. The number of esters is 1. The summed E-state index contributed by atoms with van der Waals surface area (Å²) in [5.74, 6) is -0.844. The first-order valence-electron chi connectivity index (χ1n) is 4.08. The highest BCUT2D eigenvalue weighted by molar-refractivity contribution is 5.88. The quantitative estimate of drug-likeness (QED) is 0.768. The summed E-state index contributed by atoms with van der Waals surface area (Å²) in [7, 11) is 1.10. The number of alkyl halides is 2. The average molecular weight is 227 g/mol. The fourth-order valence-electron chi connectivity index (χ4n) is 1.10. The minimum Gasteiger partial charge on any atom is -0.464 e. The number of methoxy groups -OCH3 is 1. The zero-order valence-corrected chi connectivity index (χ0v) is 8.20. The Kier molecular flexibility index (Phi) is 3.35. The van der Waals surface area contributed by atoms with Gasteiger partial charge < -0.3 is 10.5 Å². The molecule has 0 fully saturated rings. The maximum atomic E-state index is 12.5. The Bertz CT molecular complexity index is 469. The van der Waals surface area contributed by atoms with Gasteiger partial charge in [-0.2, -0.15) is 5.26 Å². The molecule has 0 unspecified atom stereocenters. The largest absolute Gasteiger partial charge is 0.464 e. The number of rotatable bonds is 2. The molecule has 2 N–H and O–H groups in total. The molecule has 16 heavy (non-hydrogen) atoms. The SMILES string of the molecule is COC(=O)c1cc(N)c(C(F)F)c(C#N)n1. The number of pyridine rings is 1. The van der Waals surface area contributed by atoms with Crippen molar-refractivity contribution in [2.75, 3.05) is 12.8 Å². The average Bonchev–Trinajstić information content (AvgIpc) is 2.26. The molecule has 1 aromatic rings. The summed E-state index contributed by atoms with van der Waals surface area (Å²) in [6, 6.07) is 2.41. The zero-order valence-electron chi connectivity index (χ0n) is 8.20. The van der Waals surface area contributed by atoms with Crippen molar-refractivity contribution in [1.82, 2.24) is 4.98 Å². The minimum absolute atomic E-state index is 0.277. The van der Waals surface area contributed by atoms with Crippen molar-refractivity contribution < 1.29 is 18.3 Å². The second-order valence-electron chi connectivity index (χ2n) is 2.76. The molecule has 7 heteroatoms. The van der Waals surface area contributed by atoms with Crippen molar-refractivity contribution in [3.05, 3.63) is 23.0 Å². The number of nitrogens with zero attached hydrogens (tertiary/aromatic N) is 2. The van der Waals surface area contributed by atoms with Gasteiger partial charge in [0.15, 0.2) is 11.4 Å². The monoisotopic (exact) mass is 227 g/mol. The Morgan fingerprint density at radius 2 is 2.31 bits per heavy atom. The van der Waals surface area contributed by atoms with E-state index in [9.17, 15) is 13.6 Å². The number of hydrogen-bond donors (Lipinski definition) is 1. The van der Waals surface area contributed by atoms with Gasteiger partial charge in [-0.1, -0.05) is 0 Å². The molecule has 0 spiro atoms. The van der Waals surface area contributed by atoms with Gasteiger partial charge in [0, 0.05) is 5.69 Å². The van der Waals surface area contributed by atoms with Crippen LogP contribution in [0.5, 0.6) is 0 Å². The van der Waals surface area contributed by atoms with Gasteiger partial charge in [-0.15, -0.1) is 0 Å². The van der Waals surface area contributed by atoms with Gasteiger partial charge in [0.1, 0.15) is 6.07 Å². The lowest BCUT2D eigenvalue weighted by molar-refractivity contribution is 0.0593. The van der Waals surface area contributed by atoms with E-state index in [-0.39, 0.29) is 11.4 Å². The predicted octanol–water partition coefficient (Wildman–Crippen LogP) is 1.26. The molecule has 0 aromatic carbocycles.